The molecule has 2 rings (SSSR count). The largest absolute Gasteiger partial charge is 0.271 e. The van der Waals surface area contributed by atoms with Crippen LogP contribution in [0, 0.1) is 19.7 Å². The third-order valence-electron chi connectivity index (χ3n) is 3.26. The summed E-state index contributed by atoms with van der Waals surface area (Å²) < 4.78 is 14.8. The fourth-order valence-corrected chi connectivity index (χ4v) is 2.84. The number of hydrogen-bond acceptors (Lipinski definition) is 2. The van der Waals surface area contributed by atoms with Gasteiger partial charge in [-0.3, -0.25) is 11.3 Å². The maximum absolute atomic E-state index is 14.0. The Labute approximate surface area is 127 Å². The lowest BCUT2D eigenvalue weighted by molar-refractivity contribution is 0.510. The van der Waals surface area contributed by atoms with Gasteiger partial charge < -0.3 is 0 Å². The molecule has 0 fully saturated rings. The molecule has 0 aliphatic carbocycles. The van der Waals surface area contributed by atoms with Gasteiger partial charge >= 0.3 is 0 Å². The molecule has 2 nitrogen and oxygen atoms in total. The minimum atomic E-state index is -0.256. The summed E-state index contributed by atoms with van der Waals surface area (Å²) in [5.74, 6) is 5.37. The van der Waals surface area contributed by atoms with Gasteiger partial charge in [-0.1, -0.05) is 45.3 Å². The van der Waals surface area contributed by atoms with Crippen LogP contribution in [0.25, 0.3) is 0 Å². The van der Waals surface area contributed by atoms with Crippen molar-refractivity contribution >= 4 is 15.9 Å². The lowest BCUT2D eigenvalue weighted by atomic mass is 9.96. The van der Waals surface area contributed by atoms with Crippen molar-refractivity contribution in [2.45, 2.75) is 26.3 Å². The van der Waals surface area contributed by atoms with Gasteiger partial charge in [0, 0.05) is 10.0 Å². The average Bonchev–Trinajstić information content (AvgIpc) is 2.38. The van der Waals surface area contributed by atoms with E-state index in [-0.39, 0.29) is 11.9 Å². The van der Waals surface area contributed by atoms with E-state index in [0.29, 0.717) is 12.0 Å². The molecule has 2 aromatic rings. The molecule has 1 atom stereocenters. The Morgan fingerprint density at radius 1 is 1.15 bits per heavy atom. The van der Waals surface area contributed by atoms with Gasteiger partial charge in [-0.15, -0.1) is 0 Å². The summed E-state index contributed by atoms with van der Waals surface area (Å²) in [5, 5.41) is 0. The first-order valence-corrected chi connectivity index (χ1v) is 7.27. The van der Waals surface area contributed by atoms with Crippen LogP contribution in [-0.4, -0.2) is 0 Å². The number of rotatable bonds is 4. The van der Waals surface area contributed by atoms with E-state index < -0.39 is 0 Å². The molecule has 4 heteroatoms. The van der Waals surface area contributed by atoms with E-state index in [0.717, 1.165) is 10.0 Å². The molecular formula is C16H18BrFN2. The molecule has 0 aliphatic heterocycles. The maximum Gasteiger partial charge on any atom is 0.128 e. The second-order valence-corrected chi connectivity index (χ2v) is 6.00. The monoisotopic (exact) mass is 336 g/mol. The van der Waals surface area contributed by atoms with Gasteiger partial charge in [-0.05, 0) is 44.0 Å². The van der Waals surface area contributed by atoms with Crippen molar-refractivity contribution in [2.24, 2.45) is 5.84 Å². The smallest absolute Gasteiger partial charge is 0.128 e. The maximum atomic E-state index is 14.0. The molecule has 0 spiro atoms. The van der Waals surface area contributed by atoms with E-state index in [9.17, 15) is 4.39 Å². The molecule has 2 aromatic carbocycles. The fraction of sp³-hybridized carbons (Fsp3) is 0.250. The first-order chi connectivity index (χ1) is 9.49. The number of halogens is 2. The Balaban J connectivity index is 2.31. The highest BCUT2D eigenvalue weighted by Gasteiger charge is 2.15. The zero-order valence-corrected chi connectivity index (χ0v) is 13.2. The average molecular weight is 337 g/mol. The Bertz CT molecular complexity index is 593. The molecule has 106 valence electrons. The van der Waals surface area contributed by atoms with Crippen LogP contribution < -0.4 is 11.3 Å². The van der Waals surface area contributed by atoms with Crippen molar-refractivity contribution in [3.8, 4) is 0 Å². The van der Waals surface area contributed by atoms with E-state index in [1.165, 1.54) is 17.2 Å². The fourth-order valence-electron chi connectivity index (χ4n) is 2.46. The summed E-state index contributed by atoms with van der Waals surface area (Å²) in [6.07, 6.45) is 0.645. The van der Waals surface area contributed by atoms with E-state index in [4.69, 9.17) is 5.84 Å². The lowest BCUT2D eigenvalue weighted by Gasteiger charge is -2.18. The Morgan fingerprint density at radius 2 is 1.80 bits per heavy atom. The van der Waals surface area contributed by atoms with Crippen LogP contribution in [-0.2, 0) is 6.42 Å². The molecule has 0 saturated heterocycles. The summed E-state index contributed by atoms with van der Waals surface area (Å²) >= 11 is 3.37. The van der Waals surface area contributed by atoms with Crippen LogP contribution in [0.1, 0.15) is 28.3 Å². The second kappa shape index (κ2) is 6.48. The molecule has 1 unspecified atom stereocenters. The summed E-state index contributed by atoms with van der Waals surface area (Å²) in [5.41, 5.74) is 6.83. The van der Waals surface area contributed by atoms with E-state index >= 15 is 0 Å². The van der Waals surface area contributed by atoms with Crippen molar-refractivity contribution in [1.82, 2.24) is 5.43 Å². The zero-order chi connectivity index (χ0) is 14.7. The first kappa shape index (κ1) is 15.2. The van der Waals surface area contributed by atoms with Crippen molar-refractivity contribution in [2.75, 3.05) is 0 Å². The highest BCUT2D eigenvalue weighted by molar-refractivity contribution is 9.10. The van der Waals surface area contributed by atoms with Crippen LogP contribution >= 0.6 is 15.9 Å². The SMILES string of the molecule is Cc1cc(C)cc(CC(NN)c2cc(Br)ccc2F)c1. The summed E-state index contributed by atoms with van der Waals surface area (Å²) in [6.45, 7) is 4.11. The Morgan fingerprint density at radius 3 is 2.40 bits per heavy atom. The number of nitrogens with one attached hydrogen (secondary N) is 1. The highest BCUT2D eigenvalue weighted by Crippen LogP contribution is 2.25. The Hall–Kier alpha value is -1.23. The summed E-state index contributed by atoms with van der Waals surface area (Å²) in [7, 11) is 0. The van der Waals surface area contributed by atoms with Crippen LogP contribution in [0.5, 0.6) is 0 Å². The van der Waals surface area contributed by atoms with Crippen molar-refractivity contribution in [3.63, 3.8) is 0 Å². The summed E-state index contributed by atoms with van der Waals surface area (Å²) in [6, 6.07) is 11.0. The third kappa shape index (κ3) is 3.66. The number of hydrogen-bond donors (Lipinski definition) is 2. The topological polar surface area (TPSA) is 38.0 Å². The van der Waals surface area contributed by atoms with Crippen LogP contribution in [0.15, 0.2) is 40.9 Å². The molecule has 0 radical (unpaired) electrons. The second-order valence-electron chi connectivity index (χ2n) is 5.09. The number of benzene rings is 2. The molecule has 0 aromatic heterocycles. The van der Waals surface area contributed by atoms with Gasteiger partial charge in [-0.2, -0.15) is 0 Å². The lowest BCUT2D eigenvalue weighted by Crippen LogP contribution is -2.30. The van der Waals surface area contributed by atoms with Crippen molar-refractivity contribution in [3.05, 3.63) is 68.9 Å². The minimum absolute atomic E-state index is 0.250. The summed E-state index contributed by atoms with van der Waals surface area (Å²) in [4.78, 5) is 0. The van der Waals surface area contributed by atoms with E-state index in [2.05, 4.69) is 53.4 Å². The normalized spacial score (nSPS) is 12.4. The standard InChI is InChI=1S/C16H18BrFN2/c1-10-5-11(2)7-12(6-10)8-16(20-19)14-9-13(17)3-4-15(14)18/h3-7,9,16,20H,8,19H2,1-2H3. The van der Waals surface area contributed by atoms with Crippen LogP contribution in [0.4, 0.5) is 4.39 Å². The van der Waals surface area contributed by atoms with Gasteiger partial charge in [0.2, 0.25) is 0 Å². The first-order valence-electron chi connectivity index (χ1n) is 6.48. The van der Waals surface area contributed by atoms with Gasteiger partial charge in [0.25, 0.3) is 0 Å². The zero-order valence-electron chi connectivity index (χ0n) is 11.6. The minimum Gasteiger partial charge on any atom is -0.271 e. The molecule has 0 heterocycles. The molecule has 3 N–H and O–H groups in total. The van der Waals surface area contributed by atoms with Gasteiger partial charge in [0.1, 0.15) is 5.82 Å². The molecular weight excluding hydrogens is 319 g/mol. The number of aryl methyl sites for hydroxylation is 2. The van der Waals surface area contributed by atoms with Gasteiger partial charge in [-0.25, -0.2) is 4.39 Å². The number of nitrogens with two attached hydrogens (primary N) is 1. The molecule has 0 aliphatic rings. The third-order valence-corrected chi connectivity index (χ3v) is 3.75. The molecule has 20 heavy (non-hydrogen) atoms. The predicted molar refractivity (Wildman–Crippen MR) is 83.8 cm³/mol. The quantitative estimate of drug-likeness (QED) is 0.655. The molecule has 0 amide bonds. The van der Waals surface area contributed by atoms with E-state index in [1.807, 2.05) is 0 Å². The van der Waals surface area contributed by atoms with Crippen molar-refractivity contribution < 1.29 is 4.39 Å². The van der Waals surface area contributed by atoms with Crippen LogP contribution in [0.3, 0.4) is 0 Å². The molecule has 0 saturated carbocycles. The van der Waals surface area contributed by atoms with Crippen molar-refractivity contribution in [1.29, 1.82) is 0 Å². The highest BCUT2D eigenvalue weighted by atomic mass is 79.9. The molecule has 0 bridgehead atoms. The van der Waals surface area contributed by atoms with Gasteiger partial charge in [0.05, 0.1) is 6.04 Å². The number of hydrazine groups is 1. The van der Waals surface area contributed by atoms with Crippen LogP contribution in [0.2, 0.25) is 0 Å². The Kier molecular flexibility index (Phi) is 4.91. The van der Waals surface area contributed by atoms with E-state index in [1.54, 1.807) is 12.1 Å². The van der Waals surface area contributed by atoms with Gasteiger partial charge in [0.15, 0.2) is 0 Å². The predicted octanol–water partition coefficient (Wildman–Crippen LogP) is 3.95.